The van der Waals surface area contributed by atoms with E-state index < -0.39 is 0 Å². The molecule has 1 aromatic rings. The van der Waals surface area contributed by atoms with Gasteiger partial charge in [-0.15, -0.1) is 17.9 Å². The molecule has 0 atom stereocenters. The lowest BCUT2D eigenvalue weighted by molar-refractivity contribution is 0.239. The SMILES string of the molecule is C=CCN(Cc1ccc(CNC)s1)C(C)C. The average molecular weight is 238 g/mol. The molecule has 0 aliphatic rings. The minimum Gasteiger partial charge on any atom is -0.315 e. The second kappa shape index (κ2) is 6.84. The predicted octanol–water partition coefficient (Wildman–Crippen LogP) is 2.86. The maximum atomic E-state index is 3.81. The van der Waals surface area contributed by atoms with E-state index in [1.54, 1.807) is 0 Å². The van der Waals surface area contributed by atoms with Crippen LogP contribution < -0.4 is 5.32 Å². The molecule has 3 heteroatoms. The van der Waals surface area contributed by atoms with Gasteiger partial charge in [0.1, 0.15) is 0 Å². The van der Waals surface area contributed by atoms with Crippen molar-refractivity contribution >= 4 is 11.3 Å². The van der Waals surface area contributed by atoms with Crippen molar-refractivity contribution in [3.63, 3.8) is 0 Å². The Labute approximate surface area is 103 Å². The highest BCUT2D eigenvalue weighted by molar-refractivity contribution is 7.11. The number of nitrogens with zero attached hydrogens (tertiary/aromatic N) is 1. The van der Waals surface area contributed by atoms with Gasteiger partial charge in [0.05, 0.1) is 0 Å². The van der Waals surface area contributed by atoms with Crippen molar-refractivity contribution in [1.82, 2.24) is 10.2 Å². The Hall–Kier alpha value is -0.640. The van der Waals surface area contributed by atoms with Crippen molar-refractivity contribution in [2.24, 2.45) is 0 Å². The van der Waals surface area contributed by atoms with Crippen LogP contribution in [0, 0.1) is 0 Å². The summed E-state index contributed by atoms with van der Waals surface area (Å²) < 4.78 is 0. The second-order valence-corrected chi connectivity index (χ2v) is 5.46. The van der Waals surface area contributed by atoms with Gasteiger partial charge in [-0.25, -0.2) is 0 Å². The lowest BCUT2D eigenvalue weighted by atomic mass is 10.3. The molecule has 0 radical (unpaired) electrons. The molecule has 0 spiro atoms. The van der Waals surface area contributed by atoms with E-state index in [1.807, 2.05) is 24.5 Å². The molecule has 1 rings (SSSR count). The summed E-state index contributed by atoms with van der Waals surface area (Å²) in [5.41, 5.74) is 0. The summed E-state index contributed by atoms with van der Waals surface area (Å²) in [5, 5.41) is 3.18. The van der Waals surface area contributed by atoms with Crippen LogP contribution in [0.1, 0.15) is 23.6 Å². The van der Waals surface area contributed by atoms with Crippen LogP contribution in [0.4, 0.5) is 0 Å². The van der Waals surface area contributed by atoms with Crippen LogP contribution in [0.15, 0.2) is 24.8 Å². The molecular formula is C13H22N2S. The third kappa shape index (κ3) is 4.08. The first-order valence-corrected chi connectivity index (χ1v) is 6.56. The Morgan fingerprint density at radius 3 is 2.69 bits per heavy atom. The number of nitrogens with one attached hydrogen (secondary N) is 1. The Morgan fingerprint density at radius 2 is 2.12 bits per heavy atom. The van der Waals surface area contributed by atoms with E-state index in [9.17, 15) is 0 Å². The Kier molecular flexibility index (Phi) is 5.74. The van der Waals surface area contributed by atoms with E-state index in [0.29, 0.717) is 6.04 Å². The van der Waals surface area contributed by atoms with Crippen LogP contribution in [0.2, 0.25) is 0 Å². The minimum atomic E-state index is 0.563. The van der Waals surface area contributed by atoms with E-state index >= 15 is 0 Å². The van der Waals surface area contributed by atoms with Crippen molar-refractivity contribution < 1.29 is 0 Å². The highest BCUT2D eigenvalue weighted by Crippen LogP contribution is 2.19. The van der Waals surface area contributed by atoms with Gasteiger partial charge in [0.2, 0.25) is 0 Å². The molecular weight excluding hydrogens is 216 g/mol. The molecule has 90 valence electrons. The van der Waals surface area contributed by atoms with Crippen LogP contribution in [0.25, 0.3) is 0 Å². The maximum Gasteiger partial charge on any atom is 0.0334 e. The smallest absolute Gasteiger partial charge is 0.0334 e. The van der Waals surface area contributed by atoms with Crippen LogP contribution in [-0.2, 0) is 13.1 Å². The number of hydrogen-bond acceptors (Lipinski definition) is 3. The third-order valence-electron chi connectivity index (χ3n) is 2.52. The van der Waals surface area contributed by atoms with Crippen molar-refractivity contribution in [1.29, 1.82) is 0 Å². The maximum absolute atomic E-state index is 3.81. The summed E-state index contributed by atoms with van der Waals surface area (Å²) in [5.74, 6) is 0. The molecule has 1 N–H and O–H groups in total. The zero-order valence-electron chi connectivity index (χ0n) is 10.5. The lowest BCUT2D eigenvalue weighted by Gasteiger charge is -2.24. The molecule has 0 aromatic carbocycles. The minimum absolute atomic E-state index is 0.563. The third-order valence-corrected chi connectivity index (χ3v) is 3.59. The van der Waals surface area contributed by atoms with Crippen LogP contribution in [0.3, 0.4) is 0 Å². The van der Waals surface area contributed by atoms with Crippen LogP contribution in [-0.4, -0.2) is 24.5 Å². The van der Waals surface area contributed by atoms with E-state index in [2.05, 4.69) is 42.8 Å². The predicted molar refractivity (Wildman–Crippen MR) is 72.8 cm³/mol. The molecule has 0 saturated heterocycles. The van der Waals surface area contributed by atoms with Gasteiger partial charge in [-0.05, 0) is 33.0 Å². The fourth-order valence-electron chi connectivity index (χ4n) is 1.60. The lowest BCUT2D eigenvalue weighted by Crippen LogP contribution is -2.29. The molecule has 0 aliphatic heterocycles. The second-order valence-electron chi connectivity index (χ2n) is 4.21. The van der Waals surface area contributed by atoms with Crippen molar-refractivity contribution in [3.05, 3.63) is 34.5 Å². The molecule has 1 heterocycles. The standard InChI is InChI=1S/C13H22N2S/c1-5-8-15(11(2)3)10-13-7-6-12(16-13)9-14-4/h5-7,11,14H,1,8-10H2,2-4H3. The molecule has 0 aliphatic carbocycles. The summed E-state index contributed by atoms with van der Waals surface area (Å²) in [4.78, 5) is 5.25. The molecule has 0 fully saturated rings. The number of hydrogen-bond donors (Lipinski definition) is 1. The summed E-state index contributed by atoms with van der Waals surface area (Å²) in [6.07, 6.45) is 1.97. The topological polar surface area (TPSA) is 15.3 Å². The van der Waals surface area contributed by atoms with E-state index in [1.165, 1.54) is 9.75 Å². The van der Waals surface area contributed by atoms with Gasteiger partial charge in [-0.2, -0.15) is 0 Å². The first kappa shape index (κ1) is 13.4. The summed E-state index contributed by atoms with van der Waals surface area (Å²) in [6, 6.07) is 5.01. The Bertz CT molecular complexity index is 317. The largest absolute Gasteiger partial charge is 0.315 e. The highest BCUT2D eigenvalue weighted by atomic mass is 32.1. The molecule has 2 nitrogen and oxygen atoms in total. The van der Waals surface area contributed by atoms with Crippen LogP contribution in [0.5, 0.6) is 0 Å². The molecule has 0 unspecified atom stereocenters. The summed E-state index contributed by atoms with van der Waals surface area (Å²) >= 11 is 1.89. The number of thiophene rings is 1. The van der Waals surface area contributed by atoms with E-state index in [0.717, 1.165) is 19.6 Å². The molecule has 0 bridgehead atoms. The van der Waals surface area contributed by atoms with Crippen molar-refractivity contribution in [3.8, 4) is 0 Å². The monoisotopic (exact) mass is 238 g/mol. The Balaban J connectivity index is 2.58. The van der Waals surface area contributed by atoms with E-state index in [-0.39, 0.29) is 0 Å². The normalized spacial score (nSPS) is 11.3. The highest BCUT2D eigenvalue weighted by Gasteiger charge is 2.09. The molecule has 0 saturated carbocycles. The van der Waals surface area contributed by atoms with Gasteiger partial charge in [0, 0.05) is 35.4 Å². The zero-order valence-corrected chi connectivity index (χ0v) is 11.3. The van der Waals surface area contributed by atoms with Gasteiger partial charge >= 0.3 is 0 Å². The average Bonchev–Trinajstić information content (AvgIpc) is 2.65. The Morgan fingerprint density at radius 1 is 1.44 bits per heavy atom. The summed E-state index contributed by atoms with van der Waals surface area (Å²) in [7, 11) is 1.98. The van der Waals surface area contributed by atoms with Gasteiger partial charge in [-0.3, -0.25) is 4.90 Å². The van der Waals surface area contributed by atoms with Gasteiger partial charge in [0.15, 0.2) is 0 Å². The quantitative estimate of drug-likeness (QED) is 0.735. The fraction of sp³-hybridized carbons (Fsp3) is 0.538. The first-order valence-electron chi connectivity index (χ1n) is 5.74. The van der Waals surface area contributed by atoms with Crippen molar-refractivity contribution in [2.45, 2.75) is 33.0 Å². The first-order chi connectivity index (χ1) is 7.67. The molecule has 1 aromatic heterocycles. The van der Waals surface area contributed by atoms with E-state index in [4.69, 9.17) is 0 Å². The van der Waals surface area contributed by atoms with Gasteiger partial charge in [-0.1, -0.05) is 6.08 Å². The zero-order chi connectivity index (χ0) is 12.0. The summed E-state index contributed by atoms with van der Waals surface area (Å²) in [6.45, 7) is 11.2. The van der Waals surface area contributed by atoms with Gasteiger partial charge < -0.3 is 5.32 Å². The molecule has 16 heavy (non-hydrogen) atoms. The molecule has 0 amide bonds. The van der Waals surface area contributed by atoms with Crippen LogP contribution >= 0.6 is 11.3 Å². The fourth-order valence-corrected chi connectivity index (χ4v) is 2.66. The number of rotatable bonds is 7. The van der Waals surface area contributed by atoms with Crippen molar-refractivity contribution in [2.75, 3.05) is 13.6 Å². The van der Waals surface area contributed by atoms with Gasteiger partial charge in [0.25, 0.3) is 0 Å².